The van der Waals surface area contributed by atoms with Crippen molar-refractivity contribution < 1.29 is 0 Å². The van der Waals surface area contributed by atoms with Crippen LogP contribution in [0, 0.1) is 5.92 Å². The SMILES string of the molecule is Brc1cncc(N2CC[C@H]3CN[C@H]3C2)c1. The molecule has 15 heavy (non-hydrogen) atoms. The summed E-state index contributed by atoms with van der Waals surface area (Å²) in [6.07, 6.45) is 5.09. The standard InChI is InChI=1S/C11H14BrN3/c12-9-3-10(6-13-5-9)15-2-1-8-4-14-11(8)7-15/h3,5-6,8,11,14H,1-2,4,7H2/t8-,11-/m0/s1. The molecule has 0 unspecified atom stereocenters. The van der Waals surface area contributed by atoms with E-state index in [9.17, 15) is 0 Å². The van der Waals surface area contributed by atoms with Crippen molar-refractivity contribution in [3.63, 3.8) is 0 Å². The largest absolute Gasteiger partial charge is 0.369 e. The van der Waals surface area contributed by atoms with E-state index in [1.54, 1.807) is 0 Å². The van der Waals surface area contributed by atoms with E-state index in [4.69, 9.17) is 0 Å². The van der Waals surface area contributed by atoms with Crippen molar-refractivity contribution >= 4 is 21.6 Å². The number of hydrogen-bond donors (Lipinski definition) is 1. The smallest absolute Gasteiger partial charge is 0.0564 e. The Morgan fingerprint density at radius 2 is 2.40 bits per heavy atom. The summed E-state index contributed by atoms with van der Waals surface area (Å²) in [7, 11) is 0. The predicted octanol–water partition coefficient (Wildman–Crippen LogP) is 1.64. The second-order valence-electron chi connectivity index (χ2n) is 4.37. The number of pyridine rings is 1. The van der Waals surface area contributed by atoms with Gasteiger partial charge in [-0.1, -0.05) is 0 Å². The average molecular weight is 268 g/mol. The van der Waals surface area contributed by atoms with Gasteiger partial charge in [-0.2, -0.15) is 0 Å². The monoisotopic (exact) mass is 267 g/mol. The molecule has 2 fully saturated rings. The highest BCUT2D eigenvalue weighted by Gasteiger charge is 2.35. The fraction of sp³-hybridized carbons (Fsp3) is 0.545. The second-order valence-corrected chi connectivity index (χ2v) is 5.29. The zero-order valence-electron chi connectivity index (χ0n) is 8.49. The molecule has 0 radical (unpaired) electrons. The summed E-state index contributed by atoms with van der Waals surface area (Å²) >= 11 is 3.46. The first-order valence-electron chi connectivity index (χ1n) is 5.42. The van der Waals surface area contributed by atoms with Gasteiger partial charge < -0.3 is 10.2 Å². The molecule has 2 atom stereocenters. The minimum absolute atomic E-state index is 0.706. The lowest BCUT2D eigenvalue weighted by Gasteiger charge is -2.47. The summed E-state index contributed by atoms with van der Waals surface area (Å²) in [5.41, 5.74) is 1.23. The van der Waals surface area contributed by atoms with Gasteiger partial charge in [0.05, 0.1) is 11.9 Å². The number of rotatable bonds is 1. The molecule has 0 saturated carbocycles. The van der Waals surface area contributed by atoms with E-state index >= 15 is 0 Å². The number of piperidine rings is 1. The molecule has 1 aromatic rings. The average Bonchev–Trinajstić information content (AvgIpc) is 2.20. The van der Waals surface area contributed by atoms with Gasteiger partial charge in [0.25, 0.3) is 0 Å². The molecule has 2 aliphatic rings. The maximum Gasteiger partial charge on any atom is 0.0564 e. The van der Waals surface area contributed by atoms with Gasteiger partial charge in [-0.3, -0.25) is 4.98 Å². The summed E-state index contributed by atoms with van der Waals surface area (Å²) in [6, 6.07) is 2.85. The Balaban J connectivity index is 1.77. The van der Waals surface area contributed by atoms with Crippen molar-refractivity contribution in [2.24, 2.45) is 5.92 Å². The third kappa shape index (κ3) is 1.76. The van der Waals surface area contributed by atoms with Crippen LogP contribution in [0.2, 0.25) is 0 Å². The van der Waals surface area contributed by atoms with Crippen LogP contribution in [0.5, 0.6) is 0 Å². The number of nitrogens with one attached hydrogen (secondary N) is 1. The van der Waals surface area contributed by atoms with Crippen LogP contribution in [0.3, 0.4) is 0 Å². The number of halogens is 1. The Morgan fingerprint density at radius 3 is 3.07 bits per heavy atom. The van der Waals surface area contributed by atoms with Crippen LogP contribution in [-0.2, 0) is 0 Å². The van der Waals surface area contributed by atoms with Crippen molar-refractivity contribution in [2.45, 2.75) is 12.5 Å². The van der Waals surface area contributed by atoms with E-state index in [-0.39, 0.29) is 0 Å². The maximum absolute atomic E-state index is 4.21. The van der Waals surface area contributed by atoms with Crippen LogP contribution in [0.15, 0.2) is 22.9 Å². The Morgan fingerprint density at radius 1 is 1.47 bits per heavy atom. The Bertz CT molecular complexity index is 369. The van der Waals surface area contributed by atoms with Crippen molar-refractivity contribution in [3.8, 4) is 0 Å². The minimum atomic E-state index is 0.706. The molecular formula is C11H14BrN3. The normalized spacial score (nSPS) is 29.5. The van der Waals surface area contributed by atoms with Gasteiger partial charge in [-0.05, 0) is 40.9 Å². The third-order valence-electron chi connectivity index (χ3n) is 3.45. The van der Waals surface area contributed by atoms with E-state index in [2.05, 4.69) is 37.2 Å². The topological polar surface area (TPSA) is 28.2 Å². The van der Waals surface area contributed by atoms with E-state index in [1.807, 2.05) is 12.4 Å². The molecule has 2 saturated heterocycles. The van der Waals surface area contributed by atoms with Crippen LogP contribution in [-0.4, -0.2) is 30.7 Å². The summed E-state index contributed by atoms with van der Waals surface area (Å²) in [5.74, 6) is 0.918. The van der Waals surface area contributed by atoms with Gasteiger partial charge in [0.15, 0.2) is 0 Å². The van der Waals surface area contributed by atoms with E-state index < -0.39 is 0 Å². The fourth-order valence-electron chi connectivity index (χ4n) is 2.43. The lowest BCUT2D eigenvalue weighted by molar-refractivity contribution is 0.197. The molecule has 2 aliphatic heterocycles. The Labute approximate surface area is 98.0 Å². The zero-order valence-corrected chi connectivity index (χ0v) is 10.1. The van der Waals surface area contributed by atoms with Gasteiger partial charge in [0.2, 0.25) is 0 Å². The Kier molecular flexibility index (Phi) is 2.41. The highest BCUT2D eigenvalue weighted by atomic mass is 79.9. The van der Waals surface area contributed by atoms with Gasteiger partial charge >= 0.3 is 0 Å². The van der Waals surface area contributed by atoms with Gasteiger partial charge in [-0.25, -0.2) is 0 Å². The van der Waals surface area contributed by atoms with E-state index in [1.165, 1.54) is 25.2 Å². The highest BCUT2D eigenvalue weighted by Crippen LogP contribution is 2.28. The highest BCUT2D eigenvalue weighted by molar-refractivity contribution is 9.10. The van der Waals surface area contributed by atoms with Crippen LogP contribution in [0.25, 0.3) is 0 Å². The summed E-state index contributed by atoms with van der Waals surface area (Å²) < 4.78 is 1.06. The van der Waals surface area contributed by atoms with Gasteiger partial charge in [0.1, 0.15) is 0 Å². The quantitative estimate of drug-likeness (QED) is 0.839. The number of anilines is 1. The molecule has 3 heterocycles. The molecule has 80 valence electrons. The number of nitrogens with zero attached hydrogens (tertiary/aromatic N) is 2. The number of fused-ring (bicyclic) bond motifs is 1. The molecule has 0 bridgehead atoms. The number of aromatic nitrogens is 1. The van der Waals surface area contributed by atoms with Crippen molar-refractivity contribution in [1.82, 2.24) is 10.3 Å². The summed E-state index contributed by atoms with van der Waals surface area (Å²) in [5, 5.41) is 3.49. The first kappa shape index (κ1) is 9.60. The lowest BCUT2D eigenvalue weighted by Crippen LogP contribution is -2.62. The molecular weight excluding hydrogens is 254 g/mol. The molecule has 0 amide bonds. The molecule has 1 N–H and O–H groups in total. The van der Waals surface area contributed by atoms with Crippen molar-refractivity contribution in [2.75, 3.05) is 24.5 Å². The Hall–Kier alpha value is -0.610. The molecule has 3 nitrogen and oxygen atoms in total. The van der Waals surface area contributed by atoms with E-state index in [0.29, 0.717) is 6.04 Å². The fourth-order valence-corrected chi connectivity index (χ4v) is 2.78. The molecule has 0 aliphatic carbocycles. The molecule has 4 heteroatoms. The van der Waals surface area contributed by atoms with Crippen LogP contribution >= 0.6 is 15.9 Å². The molecule has 0 spiro atoms. The molecule has 1 aromatic heterocycles. The summed E-state index contributed by atoms with van der Waals surface area (Å²) in [4.78, 5) is 6.63. The zero-order chi connectivity index (χ0) is 10.3. The second kappa shape index (κ2) is 3.76. The van der Waals surface area contributed by atoms with Gasteiger partial charge in [0, 0.05) is 29.8 Å². The van der Waals surface area contributed by atoms with E-state index in [0.717, 1.165) is 16.9 Å². The van der Waals surface area contributed by atoms with Crippen LogP contribution in [0.1, 0.15) is 6.42 Å². The number of hydrogen-bond acceptors (Lipinski definition) is 3. The van der Waals surface area contributed by atoms with Crippen molar-refractivity contribution in [1.29, 1.82) is 0 Å². The first-order chi connectivity index (χ1) is 7.33. The first-order valence-corrected chi connectivity index (χ1v) is 6.21. The molecule has 0 aromatic carbocycles. The maximum atomic E-state index is 4.21. The lowest BCUT2D eigenvalue weighted by atomic mass is 9.85. The molecule has 3 rings (SSSR count). The summed E-state index contributed by atoms with van der Waals surface area (Å²) in [6.45, 7) is 3.51. The third-order valence-corrected chi connectivity index (χ3v) is 3.89. The van der Waals surface area contributed by atoms with Crippen LogP contribution < -0.4 is 10.2 Å². The predicted molar refractivity (Wildman–Crippen MR) is 64.0 cm³/mol. The van der Waals surface area contributed by atoms with Crippen molar-refractivity contribution in [3.05, 3.63) is 22.9 Å². The van der Waals surface area contributed by atoms with Gasteiger partial charge in [-0.15, -0.1) is 0 Å². The minimum Gasteiger partial charge on any atom is -0.369 e. The van der Waals surface area contributed by atoms with Crippen LogP contribution in [0.4, 0.5) is 5.69 Å².